The van der Waals surface area contributed by atoms with Crippen molar-refractivity contribution in [3.05, 3.63) is 0 Å². The van der Waals surface area contributed by atoms with Crippen LogP contribution in [0.5, 0.6) is 0 Å². The van der Waals surface area contributed by atoms with Crippen LogP contribution >= 0.6 is 0 Å². The molecule has 0 rings (SSSR count). The lowest BCUT2D eigenvalue weighted by molar-refractivity contribution is -0.157. The van der Waals surface area contributed by atoms with E-state index in [4.69, 9.17) is 4.74 Å². The van der Waals surface area contributed by atoms with Crippen molar-refractivity contribution in [3.63, 3.8) is 0 Å². The Labute approximate surface area is 82.4 Å². The van der Waals surface area contributed by atoms with Gasteiger partial charge < -0.3 is 9.47 Å². The second kappa shape index (κ2) is 6.12. The van der Waals surface area contributed by atoms with Crippen LogP contribution in [0.25, 0.3) is 0 Å². The van der Waals surface area contributed by atoms with Crippen LogP contribution in [0.1, 0.15) is 27.2 Å². The molecule has 80 valence electrons. The zero-order valence-corrected chi connectivity index (χ0v) is 8.53. The number of hydrogen-bond acceptors (Lipinski definition) is 5. The molecule has 0 aliphatic heterocycles. The van der Waals surface area contributed by atoms with Crippen molar-refractivity contribution in [1.29, 1.82) is 0 Å². The topological polar surface area (TPSA) is 69.7 Å². The van der Waals surface area contributed by atoms with Gasteiger partial charge in [-0.25, -0.2) is 0 Å². The molecule has 5 nitrogen and oxygen atoms in total. The van der Waals surface area contributed by atoms with Gasteiger partial charge in [-0.05, 0) is 6.42 Å². The van der Waals surface area contributed by atoms with E-state index in [-0.39, 0.29) is 6.61 Å². The molecule has 0 saturated carbocycles. The first-order valence-electron chi connectivity index (χ1n) is 4.30. The number of ketones is 1. The summed E-state index contributed by atoms with van der Waals surface area (Å²) in [7, 11) is 0. The van der Waals surface area contributed by atoms with E-state index in [1.807, 2.05) is 0 Å². The Balaban J connectivity index is 4.04. The first kappa shape index (κ1) is 12.6. The number of hydrogen-bond donors (Lipinski definition) is 0. The van der Waals surface area contributed by atoms with Gasteiger partial charge in [0.25, 0.3) is 0 Å². The van der Waals surface area contributed by atoms with Crippen LogP contribution in [0, 0.1) is 0 Å². The largest absolute Gasteiger partial charge is 0.458 e. The van der Waals surface area contributed by atoms with E-state index in [9.17, 15) is 14.4 Å². The van der Waals surface area contributed by atoms with Crippen molar-refractivity contribution in [2.75, 3.05) is 6.61 Å². The lowest BCUT2D eigenvalue weighted by Crippen LogP contribution is -2.29. The van der Waals surface area contributed by atoms with E-state index in [1.54, 1.807) is 6.92 Å². The summed E-state index contributed by atoms with van der Waals surface area (Å²) in [6.07, 6.45) is -0.438. The molecule has 0 heterocycles. The predicted octanol–water partition coefficient (Wildman–Crippen LogP) is 0.460. The van der Waals surface area contributed by atoms with Crippen molar-refractivity contribution in [3.8, 4) is 0 Å². The molecule has 0 fully saturated rings. The van der Waals surface area contributed by atoms with Crippen molar-refractivity contribution in [2.45, 2.75) is 33.3 Å². The lowest BCUT2D eigenvalue weighted by Gasteiger charge is -2.13. The Kier molecular flexibility index (Phi) is 5.52. The van der Waals surface area contributed by atoms with Gasteiger partial charge in [0.15, 0.2) is 12.7 Å². The standard InChI is InChI=1S/C9H14O5/c1-4-9(14-7(3)11)8(12)5-13-6(2)10/h9H,4-5H2,1-3H3/t9-/m0/s1. The molecule has 0 aromatic carbocycles. The maximum Gasteiger partial charge on any atom is 0.303 e. The molecule has 1 atom stereocenters. The van der Waals surface area contributed by atoms with Gasteiger partial charge in [-0.3, -0.25) is 14.4 Å². The van der Waals surface area contributed by atoms with Crippen LogP contribution in [-0.4, -0.2) is 30.4 Å². The number of ether oxygens (including phenoxy) is 2. The van der Waals surface area contributed by atoms with E-state index < -0.39 is 23.8 Å². The fourth-order valence-corrected chi connectivity index (χ4v) is 0.843. The number of carbonyl (C=O) groups is 3. The Hall–Kier alpha value is -1.39. The van der Waals surface area contributed by atoms with Gasteiger partial charge in [-0.15, -0.1) is 0 Å². The van der Waals surface area contributed by atoms with E-state index in [2.05, 4.69) is 4.74 Å². The maximum absolute atomic E-state index is 11.3. The van der Waals surface area contributed by atoms with E-state index in [0.29, 0.717) is 6.42 Å². The number of rotatable bonds is 5. The fourth-order valence-electron chi connectivity index (χ4n) is 0.843. The molecule has 0 aliphatic carbocycles. The summed E-state index contributed by atoms with van der Waals surface area (Å²) < 4.78 is 9.20. The first-order valence-corrected chi connectivity index (χ1v) is 4.30. The van der Waals surface area contributed by atoms with Gasteiger partial charge in [0.1, 0.15) is 0 Å². The average molecular weight is 202 g/mol. The maximum atomic E-state index is 11.3. The van der Waals surface area contributed by atoms with Crippen LogP contribution in [0.2, 0.25) is 0 Å². The SMILES string of the molecule is CC[C@H](OC(C)=O)C(=O)COC(C)=O. The highest BCUT2D eigenvalue weighted by Crippen LogP contribution is 2.00. The summed E-state index contributed by atoms with van der Waals surface area (Å²) in [5, 5.41) is 0. The van der Waals surface area contributed by atoms with E-state index in [1.165, 1.54) is 13.8 Å². The van der Waals surface area contributed by atoms with Gasteiger partial charge in [-0.2, -0.15) is 0 Å². The highest BCUT2D eigenvalue weighted by molar-refractivity contribution is 5.87. The summed E-state index contributed by atoms with van der Waals surface area (Å²) in [4.78, 5) is 32.2. The summed E-state index contributed by atoms with van der Waals surface area (Å²) in [5.41, 5.74) is 0. The molecule has 0 aliphatic rings. The molecule has 0 amide bonds. The zero-order chi connectivity index (χ0) is 11.1. The Bertz CT molecular complexity index is 233. The Morgan fingerprint density at radius 1 is 1.14 bits per heavy atom. The van der Waals surface area contributed by atoms with Crippen LogP contribution in [0.3, 0.4) is 0 Å². The first-order chi connectivity index (χ1) is 6.47. The minimum Gasteiger partial charge on any atom is -0.458 e. The fraction of sp³-hybridized carbons (Fsp3) is 0.667. The molecule has 0 unspecified atom stereocenters. The molecule has 0 N–H and O–H groups in total. The highest BCUT2D eigenvalue weighted by atomic mass is 16.6. The van der Waals surface area contributed by atoms with Crippen molar-refractivity contribution >= 4 is 17.7 Å². The summed E-state index contributed by atoms with van der Waals surface area (Å²) >= 11 is 0. The lowest BCUT2D eigenvalue weighted by atomic mass is 10.2. The minimum atomic E-state index is -0.813. The second-order valence-corrected chi connectivity index (χ2v) is 2.75. The summed E-state index contributed by atoms with van der Waals surface area (Å²) in [5.74, 6) is -1.46. The molecule has 0 saturated heterocycles. The van der Waals surface area contributed by atoms with Crippen LogP contribution in [0.15, 0.2) is 0 Å². The number of Topliss-reactive ketones (excluding diaryl/α,β-unsaturated/α-hetero) is 1. The minimum absolute atomic E-state index is 0.346. The normalized spacial score (nSPS) is 11.6. The van der Waals surface area contributed by atoms with Gasteiger partial charge in [0.2, 0.25) is 5.78 Å². The van der Waals surface area contributed by atoms with E-state index in [0.717, 1.165) is 0 Å². The van der Waals surface area contributed by atoms with Crippen LogP contribution in [-0.2, 0) is 23.9 Å². The van der Waals surface area contributed by atoms with Crippen LogP contribution in [0.4, 0.5) is 0 Å². The summed E-state index contributed by atoms with van der Waals surface area (Å²) in [6, 6.07) is 0. The molecule has 0 bridgehead atoms. The Morgan fingerprint density at radius 3 is 2.07 bits per heavy atom. The summed E-state index contributed by atoms with van der Waals surface area (Å²) in [6.45, 7) is 3.79. The monoisotopic (exact) mass is 202 g/mol. The quantitative estimate of drug-likeness (QED) is 0.606. The highest BCUT2D eigenvalue weighted by Gasteiger charge is 2.19. The molecule has 0 spiro atoms. The number of esters is 2. The third-order valence-corrected chi connectivity index (χ3v) is 1.46. The van der Waals surface area contributed by atoms with E-state index >= 15 is 0 Å². The number of carbonyl (C=O) groups excluding carboxylic acids is 3. The molecular weight excluding hydrogens is 188 g/mol. The molecule has 5 heteroatoms. The van der Waals surface area contributed by atoms with Crippen molar-refractivity contribution in [1.82, 2.24) is 0 Å². The molecule has 0 aromatic rings. The van der Waals surface area contributed by atoms with Gasteiger partial charge >= 0.3 is 11.9 Å². The molecular formula is C9H14O5. The molecule has 0 aromatic heterocycles. The van der Waals surface area contributed by atoms with Crippen LogP contribution < -0.4 is 0 Å². The second-order valence-electron chi connectivity index (χ2n) is 2.75. The third kappa shape index (κ3) is 5.29. The average Bonchev–Trinajstić information content (AvgIpc) is 2.09. The van der Waals surface area contributed by atoms with Gasteiger partial charge in [0, 0.05) is 13.8 Å². The van der Waals surface area contributed by atoms with Crippen molar-refractivity contribution < 1.29 is 23.9 Å². The predicted molar refractivity (Wildman–Crippen MR) is 47.5 cm³/mol. The Morgan fingerprint density at radius 2 is 1.71 bits per heavy atom. The molecule has 0 radical (unpaired) electrons. The van der Waals surface area contributed by atoms with Gasteiger partial charge in [0.05, 0.1) is 0 Å². The zero-order valence-electron chi connectivity index (χ0n) is 8.53. The molecule has 14 heavy (non-hydrogen) atoms. The van der Waals surface area contributed by atoms with Crippen molar-refractivity contribution in [2.24, 2.45) is 0 Å². The third-order valence-electron chi connectivity index (χ3n) is 1.46. The smallest absolute Gasteiger partial charge is 0.303 e. The van der Waals surface area contributed by atoms with Gasteiger partial charge in [-0.1, -0.05) is 6.92 Å².